The SMILES string of the molecule is CC1(C)C2CCC(N)CC21. The predicted molar refractivity (Wildman–Crippen MR) is 42.6 cm³/mol. The molecule has 0 aromatic heterocycles. The summed E-state index contributed by atoms with van der Waals surface area (Å²) in [5.74, 6) is 1.99. The molecule has 10 heavy (non-hydrogen) atoms. The third-order valence-corrected chi connectivity index (χ3v) is 3.69. The lowest BCUT2D eigenvalue weighted by Gasteiger charge is -2.15. The highest BCUT2D eigenvalue weighted by Crippen LogP contribution is 2.64. The second-order valence-corrected chi connectivity index (χ2v) is 4.61. The zero-order valence-electron chi connectivity index (χ0n) is 6.93. The first-order valence-corrected chi connectivity index (χ1v) is 4.38. The molecule has 2 fully saturated rings. The number of fused-ring (bicyclic) bond motifs is 1. The van der Waals surface area contributed by atoms with Crippen molar-refractivity contribution in [3.63, 3.8) is 0 Å². The summed E-state index contributed by atoms with van der Waals surface area (Å²) in [6, 6.07) is 0.517. The molecule has 0 aromatic rings. The molecule has 0 amide bonds. The Kier molecular flexibility index (Phi) is 1.17. The lowest BCUT2D eigenvalue weighted by molar-refractivity contribution is 0.422. The highest BCUT2D eigenvalue weighted by molar-refractivity contribution is 5.08. The zero-order chi connectivity index (χ0) is 7.35. The molecule has 2 aliphatic carbocycles. The maximum absolute atomic E-state index is 5.87. The van der Waals surface area contributed by atoms with Crippen LogP contribution in [0.1, 0.15) is 33.1 Å². The summed E-state index contributed by atoms with van der Waals surface area (Å²) in [7, 11) is 0. The quantitative estimate of drug-likeness (QED) is 0.544. The van der Waals surface area contributed by atoms with Gasteiger partial charge in [0.1, 0.15) is 0 Å². The van der Waals surface area contributed by atoms with Crippen LogP contribution in [0.4, 0.5) is 0 Å². The molecule has 2 saturated carbocycles. The second kappa shape index (κ2) is 1.76. The molecule has 3 unspecified atom stereocenters. The molecule has 0 saturated heterocycles. The van der Waals surface area contributed by atoms with Gasteiger partial charge in [-0.05, 0) is 36.5 Å². The molecule has 2 aliphatic rings. The van der Waals surface area contributed by atoms with Gasteiger partial charge in [0.05, 0.1) is 0 Å². The van der Waals surface area contributed by atoms with Crippen LogP contribution in [-0.4, -0.2) is 6.04 Å². The molecule has 2 rings (SSSR count). The Hall–Kier alpha value is -0.0400. The summed E-state index contributed by atoms with van der Waals surface area (Å²) in [6.07, 6.45) is 3.95. The Balaban J connectivity index is 2.04. The first kappa shape index (κ1) is 6.66. The van der Waals surface area contributed by atoms with Crippen LogP contribution >= 0.6 is 0 Å². The Morgan fingerprint density at radius 3 is 2.40 bits per heavy atom. The Labute approximate surface area is 63.0 Å². The van der Waals surface area contributed by atoms with Crippen molar-refractivity contribution in [3.8, 4) is 0 Å². The van der Waals surface area contributed by atoms with Crippen molar-refractivity contribution in [2.45, 2.75) is 39.2 Å². The predicted octanol–water partition coefficient (Wildman–Crippen LogP) is 1.77. The van der Waals surface area contributed by atoms with Gasteiger partial charge in [0, 0.05) is 6.04 Å². The van der Waals surface area contributed by atoms with Crippen molar-refractivity contribution >= 4 is 0 Å². The van der Waals surface area contributed by atoms with Crippen LogP contribution in [-0.2, 0) is 0 Å². The van der Waals surface area contributed by atoms with E-state index >= 15 is 0 Å². The monoisotopic (exact) mass is 139 g/mol. The van der Waals surface area contributed by atoms with E-state index in [9.17, 15) is 0 Å². The largest absolute Gasteiger partial charge is 0.328 e. The molecule has 58 valence electrons. The van der Waals surface area contributed by atoms with Crippen LogP contribution in [0.25, 0.3) is 0 Å². The molecule has 0 aliphatic heterocycles. The van der Waals surface area contributed by atoms with Gasteiger partial charge in [-0.2, -0.15) is 0 Å². The van der Waals surface area contributed by atoms with Crippen LogP contribution < -0.4 is 5.73 Å². The molecule has 0 radical (unpaired) electrons. The minimum absolute atomic E-state index is 0.517. The van der Waals surface area contributed by atoms with E-state index in [4.69, 9.17) is 5.73 Å². The van der Waals surface area contributed by atoms with Crippen molar-refractivity contribution in [2.24, 2.45) is 23.0 Å². The number of rotatable bonds is 0. The lowest BCUT2D eigenvalue weighted by Crippen LogP contribution is -2.23. The smallest absolute Gasteiger partial charge is 0.00418 e. The first-order valence-electron chi connectivity index (χ1n) is 4.38. The van der Waals surface area contributed by atoms with Crippen LogP contribution in [0.15, 0.2) is 0 Å². The zero-order valence-corrected chi connectivity index (χ0v) is 6.93. The van der Waals surface area contributed by atoms with Crippen LogP contribution in [0, 0.1) is 17.3 Å². The topological polar surface area (TPSA) is 26.0 Å². The summed E-state index contributed by atoms with van der Waals surface area (Å²) in [6.45, 7) is 4.78. The fraction of sp³-hybridized carbons (Fsp3) is 1.00. The van der Waals surface area contributed by atoms with E-state index in [1.54, 1.807) is 0 Å². The second-order valence-electron chi connectivity index (χ2n) is 4.61. The third kappa shape index (κ3) is 0.731. The average molecular weight is 139 g/mol. The van der Waals surface area contributed by atoms with E-state index in [0.29, 0.717) is 11.5 Å². The van der Waals surface area contributed by atoms with Gasteiger partial charge >= 0.3 is 0 Å². The molecule has 2 N–H and O–H groups in total. The highest BCUT2D eigenvalue weighted by Gasteiger charge is 2.58. The summed E-state index contributed by atoms with van der Waals surface area (Å²) >= 11 is 0. The van der Waals surface area contributed by atoms with Gasteiger partial charge in [0.25, 0.3) is 0 Å². The number of hydrogen-bond acceptors (Lipinski definition) is 1. The average Bonchev–Trinajstić information content (AvgIpc) is 2.36. The Bertz CT molecular complexity index is 151. The summed E-state index contributed by atoms with van der Waals surface area (Å²) in [5, 5.41) is 0. The fourth-order valence-electron chi connectivity index (χ4n) is 2.74. The van der Waals surface area contributed by atoms with Crippen molar-refractivity contribution in [3.05, 3.63) is 0 Å². The molecule has 0 bridgehead atoms. The first-order chi connectivity index (χ1) is 4.62. The van der Waals surface area contributed by atoms with Gasteiger partial charge in [-0.15, -0.1) is 0 Å². The van der Waals surface area contributed by atoms with Crippen molar-refractivity contribution in [2.75, 3.05) is 0 Å². The van der Waals surface area contributed by atoms with Crippen LogP contribution in [0.3, 0.4) is 0 Å². The van der Waals surface area contributed by atoms with Gasteiger partial charge < -0.3 is 5.73 Å². The molecule has 1 heteroatoms. The molecular formula is C9H17N. The summed E-state index contributed by atoms with van der Waals surface area (Å²) in [5.41, 5.74) is 6.52. The molecule has 3 atom stereocenters. The van der Waals surface area contributed by atoms with E-state index < -0.39 is 0 Å². The molecule has 0 aromatic carbocycles. The minimum atomic E-state index is 0.517. The molecule has 1 nitrogen and oxygen atoms in total. The van der Waals surface area contributed by atoms with Gasteiger partial charge in [-0.1, -0.05) is 13.8 Å². The normalized spacial score (nSPS) is 50.1. The van der Waals surface area contributed by atoms with E-state index in [0.717, 1.165) is 11.8 Å². The standard InChI is InChI=1S/C9H17N/c1-9(2)7-4-3-6(10)5-8(7)9/h6-8H,3-5,10H2,1-2H3. The van der Waals surface area contributed by atoms with E-state index in [2.05, 4.69) is 13.8 Å². The maximum atomic E-state index is 5.87. The summed E-state index contributed by atoms with van der Waals surface area (Å²) in [4.78, 5) is 0. The lowest BCUT2D eigenvalue weighted by atomic mass is 9.97. The summed E-state index contributed by atoms with van der Waals surface area (Å²) < 4.78 is 0. The van der Waals surface area contributed by atoms with Crippen LogP contribution in [0.5, 0.6) is 0 Å². The van der Waals surface area contributed by atoms with Crippen molar-refractivity contribution < 1.29 is 0 Å². The highest BCUT2D eigenvalue weighted by atomic mass is 14.7. The van der Waals surface area contributed by atoms with Gasteiger partial charge in [0.15, 0.2) is 0 Å². The number of hydrogen-bond donors (Lipinski definition) is 1. The number of nitrogens with two attached hydrogens (primary N) is 1. The van der Waals surface area contributed by atoms with E-state index in [1.165, 1.54) is 19.3 Å². The van der Waals surface area contributed by atoms with Crippen LogP contribution in [0.2, 0.25) is 0 Å². The fourth-order valence-corrected chi connectivity index (χ4v) is 2.74. The third-order valence-electron chi connectivity index (χ3n) is 3.69. The van der Waals surface area contributed by atoms with Gasteiger partial charge in [-0.25, -0.2) is 0 Å². The van der Waals surface area contributed by atoms with E-state index in [-0.39, 0.29) is 0 Å². The molecule has 0 spiro atoms. The van der Waals surface area contributed by atoms with Gasteiger partial charge in [-0.3, -0.25) is 0 Å². The van der Waals surface area contributed by atoms with E-state index in [1.807, 2.05) is 0 Å². The Morgan fingerprint density at radius 1 is 1.20 bits per heavy atom. The molecule has 0 heterocycles. The maximum Gasteiger partial charge on any atom is 0.00418 e. The minimum Gasteiger partial charge on any atom is -0.328 e. The van der Waals surface area contributed by atoms with Crippen molar-refractivity contribution in [1.29, 1.82) is 0 Å². The van der Waals surface area contributed by atoms with Crippen molar-refractivity contribution in [1.82, 2.24) is 0 Å². The van der Waals surface area contributed by atoms with Gasteiger partial charge in [0.2, 0.25) is 0 Å². The molecular weight excluding hydrogens is 122 g/mol. The Morgan fingerprint density at radius 2 is 1.90 bits per heavy atom.